The van der Waals surface area contributed by atoms with Gasteiger partial charge in [-0.25, -0.2) is 0 Å². The number of hydrogen-bond acceptors (Lipinski definition) is 4. The Balaban J connectivity index is 2.48. The second kappa shape index (κ2) is 2.81. The number of hydrogen-bond donors (Lipinski definition) is 1. The van der Waals surface area contributed by atoms with Crippen LogP contribution in [0.3, 0.4) is 0 Å². The molecule has 0 saturated heterocycles. The molecule has 1 N–H and O–H groups in total. The van der Waals surface area contributed by atoms with Crippen LogP contribution in [0.4, 0.5) is 0 Å². The molecule has 0 aliphatic heterocycles. The van der Waals surface area contributed by atoms with Crippen LogP contribution < -0.4 is 0 Å². The average Bonchev–Trinajstić information content (AvgIpc) is 2.34. The summed E-state index contributed by atoms with van der Waals surface area (Å²) in [5, 5.41) is 17.9. The Labute approximate surface area is 51.6 Å². The molecule has 9 heavy (non-hydrogen) atoms. The van der Waals surface area contributed by atoms with Gasteiger partial charge in [0.1, 0.15) is 12.7 Å². The van der Waals surface area contributed by atoms with Gasteiger partial charge in [-0.15, -0.1) is 15.4 Å². The Hall–Kier alpha value is -1.39. The molecule has 1 rings (SSSR count). The summed E-state index contributed by atoms with van der Waals surface area (Å²) in [6, 6.07) is 0. The first kappa shape index (κ1) is 5.74. The highest BCUT2D eigenvalue weighted by Crippen LogP contribution is 1.77. The van der Waals surface area contributed by atoms with Crippen LogP contribution in [0.5, 0.6) is 0 Å². The molecule has 0 saturated carbocycles. The van der Waals surface area contributed by atoms with E-state index in [0.717, 1.165) is 0 Å². The third-order valence-corrected chi connectivity index (χ3v) is 0.841. The maximum absolute atomic E-state index is 7.98. The molecule has 5 nitrogen and oxygen atoms in total. The Bertz CT molecular complexity index is 180. The average molecular weight is 126 g/mol. The SMILES string of the molecule is ON=CCn1cnnc1. The van der Waals surface area contributed by atoms with Gasteiger partial charge in [-0.1, -0.05) is 0 Å². The molecule has 48 valence electrons. The van der Waals surface area contributed by atoms with Gasteiger partial charge in [-0.05, 0) is 0 Å². The van der Waals surface area contributed by atoms with Gasteiger partial charge in [-0.2, -0.15) is 0 Å². The van der Waals surface area contributed by atoms with Crippen LogP contribution >= 0.6 is 0 Å². The van der Waals surface area contributed by atoms with Crippen molar-refractivity contribution in [3.05, 3.63) is 12.7 Å². The molecule has 5 heteroatoms. The largest absolute Gasteiger partial charge is 0.411 e. The van der Waals surface area contributed by atoms with E-state index in [1.165, 1.54) is 6.21 Å². The number of nitrogens with zero attached hydrogens (tertiary/aromatic N) is 4. The summed E-state index contributed by atoms with van der Waals surface area (Å²) < 4.78 is 1.68. The van der Waals surface area contributed by atoms with E-state index in [1.807, 2.05) is 0 Å². The molecule has 1 aromatic heterocycles. The van der Waals surface area contributed by atoms with Crippen LogP contribution in [0.2, 0.25) is 0 Å². The summed E-state index contributed by atoms with van der Waals surface area (Å²) in [6.45, 7) is 0.503. The van der Waals surface area contributed by atoms with Crippen LogP contribution in [-0.2, 0) is 6.54 Å². The van der Waals surface area contributed by atoms with Crippen molar-refractivity contribution in [1.82, 2.24) is 14.8 Å². The maximum Gasteiger partial charge on any atom is 0.119 e. The minimum Gasteiger partial charge on any atom is -0.411 e. The first-order chi connectivity index (χ1) is 4.43. The first-order valence-electron chi connectivity index (χ1n) is 2.42. The van der Waals surface area contributed by atoms with Crippen LogP contribution in [0.1, 0.15) is 0 Å². The number of rotatable bonds is 2. The van der Waals surface area contributed by atoms with E-state index in [4.69, 9.17) is 5.21 Å². The van der Waals surface area contributed by atoms with E-state index in [-0.39, 0.29) is 0 Å². The van der Waals surface area contributed by atoms with Crippen molar-refractivity contribution in [3.63, 3.8) is 0 Å². The molecule has 0 fully saturated rings. The monoisotopic (exact) mass is 126 g/mol. The zero-order valence-corrected chi connectivity index (χ0v) is 4.68. The van der Waals surface area contributed by atoms with Crippen molar-refractivity contribution in [1.29, 1.82) is 0 Å². The van der Waals surface area contributed by atoms with Crippen molar-refractivity contribution in [2.24, 2.45) is 5.16 Å². The van der Waals surface area contributed by atoms with Crippen LogP contribution in [0, 0.1) is 0 Å². The summed E-state index contributed by atoms with van der Waals surface area (Å²) in [5.74, 6) is 0. The quantitative estimate of drug-likeness (QED) is 0.337. The molecule has 0 radical (unpaired) electrons. The predicted octanol–water partition coefficient (Wildman–Crippen LogP) is -0.262. The maximum atomic E-state index is 7.98. The van der Waals surface area contributed by atoms with Crippen LogP contribution in [0.25, 0.3) is 0 Å². The smallest absolute Gasteiger partial charge is 0.119 e. The lowest BCUT2D eigenvalue weighted by molar-refractivity contribution is 0.320. The molecule has 0 spiro atoms. The summed E-state index contributed by atoms with van der Waals surface area (Å²) in [4.78, 5) is 0. The molecule has 1 aromatic rings. The van der Waals surface area contributed by atoms with Crippen molar-refractivity contribution >= 4 is 6.21 Å². The fourth-order valence-corrected chi connectivity index (χ4v) is 0.447. The molecular formula is C4H6N4O. The van der Waals surface area contributed by atoms with E-state index in [1.54, 1.807) is 17.2 Å². The summed E-state index contributed by atoms with van der Waals surface area (Å²) in [6.07, 6.45) is 4.44. The predicted molar refractivity (Wildman–Crippen MR) is 30.3 cm³/mol. The fourth-order valence-electron chi connectivity index (χ4n) is 0.447. The second-order valence-corrected chi connectivity index (χ2v) is 1.46. The van der Waals surface area contributed by atoms with Crippen molar-refractivity contribution < 1.29 is 5.21 Å². The van der Waals surface area contributed by atoms with E-state index < -0.39 is 0 Å². The Morgan fingerprint density at radius 2 is 2.22 bits per heavy atom. The lowest BCUT2D eigenvalue weighted by Crippen LogP contribution is -1.94. The molecule has 0 aliphatic carbocycles. The minimum absolute atomic E-state index is 0.503. The van der Waals surface area contributed by atoms with Crippen LogP contribution in [-0.4, -0.2) is 26.2 Å². The van der Waals surface area contributed by atoms with E-state index in [9.17, 15) is 0 Å². The van der Waals surface area contributed by atoms with E-state index >= 15 is 0 Å². The lowest BCUT2D eigenvalue weighted by Gasteiger charge is -1.87. The molecule has 0 amide bonds. The van der Waals surface area contributed by atoms with Crippen LogP contribution in [0.15, 0.2) is 17.8 Å². The standard InChI is InChI=1S/C4H6N4O/c9-7-1-2-8-3-5-6-4-8/h1,3-4,9H,2H2. The van der Waals surface area contributed by atoms with Gasteiger partial charge < -0.3 is 9.77 Å². The highest BCUT2D eigenvalue weighted by atomic mass is 16.4. The topological polar surface area (TPSA) is 63.3 Å². The summed E-state index contributed by atoms with van der Waals surface area (Å²) in [7, 11) is 0. The molecule has 0 atom stereocenters. The van der Waals surface area contributed by atoms with Crippen molar-refractivity contribution in [3.8, 4) is 0 Å². The van der Waals surface area contributed by atoms with Gasteiger partial charge in [0.25, 0.3) is 0 Å². The van der Waals surface area contributed by atoms with Gasteiger partial charge in [0.05, 0.1) is 12.8 Å². The lowest BCUT2D eigenvalue weighted by atomic mass is 10.7. The van der Waals surface area contributed by atoms with Gasteiger partial charge in [0.2, 0.25) is 0 Å². The number of aromatic nitrogens is 3. The van der Waals surface area contributed by atoms with Crippen molar-refractivity contribution in [2.45, 2.75) is 6.54 Å². The molecule has 1 heterocycles. The summed E-state index contributed by atoms with van der Waals surface area (Å²) in [5.41, 5.74) is 0. The third-order valence-electron chi connectivity index (χ3n) is 0.841. The van der Waals surface area contributed by atoms with E-state index in [0.29, 0.717) is 6.54 Å². The normalized spacial score (nSPS) is 10.7. The Kier molecular flexibility index (Phi) is 1.79. The summed E-state index contributed by atoms with van der Waals surface area (Å²) >= 11 is 0. The second-order valence-electron chi connectivity index (χ2n) is 1.46. The van der Waals surface area contributed by atoms with Gasteiger partial charge in [-0.3, -0.25) is 0 Å². The van der Waals surface area contributed by atoms with E-state index in [2.05, 4.69) is 15.4 Å². The Morgan fingerprint density at radius 3 is 2.78 bits per heavy atom. The molecular weight excluding hydrogens is 120 g/mol. The van der Waals surface area contributed by atoms with Gasteiger partial charge in [0, 0.05) is 0 Å². The Morgan fingerprint density at radius 1 is 1.56 bits per heavy atom. The molecule has 0 aromatic carbocycles. The third kappa shape index (κ3) is 1.52. The molecule has 0 aliphatic rings. The highest BCUT2D eigenvalue weighted by Gasteiger charge is 1.83. The molecule has 0 bridgehead atoms. The zero-order valence-electron chi connectivity index (χ0n) is 4.68. The number of oxime groups is 1. The zero-order chi connectivity index (χ0) is 6.53. The van der Waals surface area contributed by atoms with Gasteiger partial charge >= 0.3 is 0 Å². The van der Waals surface area contributed by atoms with Gasteiger partial charge in [0.15, 0.2) is 0 Å². The minimum atomic E-state index is 0.503. The first-order valence-corrected chi connectivity index (χ1v) is 2.42. The molecule has 0 unspecified atom stereocenters. The van der Waals surface area contributed by atoms with Crippen molar-refractivity contribution in [2.75, 3.05) is 0 Å². The fraction of sp³-hybridized carbons (Fsp3) is 0.250. The highest BCUT2D eigenvalue weighted by molar-refractivity contribution is 5.55.